The number of likely N-dealkylation sites (N-methyl/N-ethyl adjacent to an activating group) is 1. The molecule has 3 aromatic rings. The van der Waals surface area contributed by atoms with Gasteiger partial charge in [-0.2, -0.15) is 0 Å². The summed E-state index contributed by atoms with van der Waals surface area (Å²) in [5.74, 6) is 0.862. The first-order chi connectivity index (χ1) is 16.0. The van der Waals surface area contributed by atoms with Gasteiger partial charge in [0.15, 0.2) is 0 Å². The fraction of sp³-hybridized carbons (Fsp3) is 0.259. The number of thioether (sulfide) groups is 1. The van der Waals surface area contributed by atoms with E-state index in [9.17, 15) is 9.59 Å². The van der Waals surface area contributed by atoms with Crippen molar-refractivity contribution in [3.63, 3.8) is 0 Å². The summed E-state index contributed by atoms with van der Waals surface area (Å²) in [4.78, 5) is 28.1. The molecule has 0 aromatic heterocycles. The van der Waals surface area contributed by atoms with E-state index in [1.807, 2.05) is 66.7 Å². The quantitative estimate of drug-likeness (QED) is 0.387. The molecule has 172 valence electrons. The number of nitrogens with zero attached hydrogens (tertiary/aromatic N) is 1. The number of carbonyl (C=O) groups excluding carboxylic acids is 2. The fourth-order valence-electron chi connectivity index (χ4n) is 3.66. The Hall–Kier alpha value is -2.57. The first-order valence-corrected chi connectivity index (χ1v) is 12.8. The Morgan fingerprint density at radius 3 is 2.36 bits per heavy atom. The molecule has 0 spiro atoms. The Kier molecular flexibility index (Phi) is 9.58. The summed E-state index contributed by atoms with van der Waals surface area (Å²) < 4.78 is 0.945. The average Bonchev–Trinajstić information content (AvgIpc) is 2.82. The third kappa shape index (κ3) is 7.47. The van der Waals surface area contributed by atoms with Gasteiger partial charge in [0.05, 0.1) is 5.75 Å². The molecule has 0 fully saturated rings. The van der Waals surface area contributed by atoms with Gasteiger partial charge in [-0.25, -0.2) is 0 Å². The molecule has 1 atom stereocenters. The first kappa shape index (κ1) is 25.1. The normalized spacial score (nSPS) is 11.6. The lowest BCUT2D eigenvalue weighted by Gasteiger charge is -2.31. The summed E-state index contributed by atoms with van der Waals surface area (Å²) in [6, 6.07) is 25.3. The third-order valence-corrected chi connectivity index (χ3v) is 6.96. The van der Waals surface area contributed by atoms with Crippen molar-refractivity contribution in [1.82, 2.24) is 10.2 Å². The Labute approximate surface area is 208 Å². The summed E-state index contributed by atoms with van der Waals surface area (Å²) in [7, 11) is 1.62. The zero-order valence-corrected chi connectivity index (χ0v) is 21.4. The van der Waals surface area contributed by atoms with Gasteiger partial charge in [0.25, 0.3) is 0 Å². The number of hydrogen-bond acceptors (Lipinski definition) is 3. The van der Waals surface area contributed by atoms with Crippen LogP contribution in [0.25, 0.3) is 0 Å². The Morgan fingerprint density at radius 2 is 1.67 bits per heavy atom. The molecular weight excluding hydrogens is 496 g/mol. The summed E-state index contributed by atoms with van der Waals surface area (Å²) >= 11 is 5.09. The molecule has 2 amide bonds. The van der Waals surface area contributed by atoms with Gasteiger partial charge < -0.3 is 10.2 Å². The van der Waals surface area contributed by atoms with Crippen LogP contribution in [-0.4, -0.2) is 35.6 Å². The minimum atomic E-state index is -0.594. The van der Waals surface area contributed by atoms with E-state index in [0.717, 1.165) is 21.4 Å². The Morgan fingerprint density at radius 1 is 0.970 bits per heavy atom. The zero-order valence-electron chi connectivity index (χ0n) is 19.0. The Bertz CT molecular complexity index is 1070. The number of halogens is 1. The molecule has 0 unspecified atom stereocenters. The SMILES string of the molecule is CNC(=O)[C@H](Cc1ccccc1)N(Cc1cccc(Br)c1)C(=O)CSCc1ccccc1C. The highest BCUT2D eigenvalue weighted by atomic mass is 79.9. The molecule has 0 aliphatic heterocycles. The fourth-order valence-corrected chi connectivity index (χ4v) is 5.09. The van der Waals surface area contributed by atoms with Crippen LogP contribution in [0.4, 0.5) is 0 Å². The number of benzene rings is 3. The van der Waals surface area contributed by atoms with Crippen molar-refractivity contribution >= 4 is 39.5 Å². The minimum Gasteiger partial charge on any atom is -0.357 e. The van der Waals surface area contributed by atoms with Crippen LogP contribution in [0.3, 0.4) is 0 Å². The summed E-state index contributed by atoms with van der Waals surface area (Å²) in [6.07, 6.45) is 0.461. The van der Waals surface area contributed by atoms with Crippen LogP contribution in [0.2, 0.25) is 0 Å². The lowest BCUT2D eigenvalue weighted by Crippen LogP contribution is -2.50. The zero-order chi connectivity index (χ0) is 23.6. The van der Waals surface area contributed by atoms with Crippen molar-refractivity contribution < 1.29 is 9.59 Å². The van der Waals surface area contributed by atoms with Gasteiger partial charge in [-0.05, 0) is 41.3 Å². The number of carbonyl (C=O) groups is 2. The predicted octanol–water partition coefficient (Wildman–Crippen LogP) is 5.38. The average molecular weight is 526 g/mol. The van der Waals surface area contributed by atoms with Crippen LogP contribution in [-0.2, 0) is 28.3 Å². The number of amides is 2. The number of nitrogens with one attached hydrogen (secondary N) is 1. The second kappa shape index (κ2) is 12.6. The van der Waals surface area contributed by atoms with Gasteiger partial charge in [0.1, 0.15) is 6.04 Å². The highest BCUT2D eigenvalue weighted by Gasteiger charge is 2.29. The maximum atomic E-state index is 13.5. The van der Waals surface area contributed by atoms with E-state index in [-0.39, 0.29) is 11.8 Å². The van der Waals surface area contributed by atoms with Crippen molar-refractivity contribution in [3.8, 4) is 0 Å². The van der Waals surface area contributed by atoms with Gasteiger partial charge in [-0.1, -0.05) is 82.7 Å². The van der Waals surface area contributed by atoms with Crippen LogP contribution in [0.15, 0.2) is 83.3 Å². The van der Waals surface area contributed by atoms with Crippen molar-refractivity contribution in [2.45, 2.75) is 31.7 Å². The van der Waals surface area contributed by atoms with E-state index in [4.69, 9.17) is 0 Å². The van der Waals surface area contributed by atoms with Crippen LogP contribution >= 0.6 is 27.7 Å². The van der Waals surface area contributed by atoms with E-state index in [1.165, 1.54) is 11.1 Å². The molecule has 0 saturated heterocycles. The molecule has 3 aromatic carbocycles. The molecule has 6 heteroatoms. The van der Waals surface area contributed by atoms with Crippen LogP contribution in [0.1, 0.15) is 22.3 Å². The molecule has 4 nitrogen and oxygen atoms in total. The van der Waals surface area contributed by atoms with Gasteiger partial charge in [-0.3, -0.25) is 9.59 Å². The lowest BCUT2D eigenvalue weighted by molar-refractivity contribution is -0.139. The number of aryl methyl sites for hydroxylation is 1. The largest absolute Gasteiger partial charge is 0.357 e. The first-order valence-electron chi connectivity index (χ1n) is 10.9. The highest BCUT2D eigenvalue weighted by Crippen LogP contribution is 2.21. The smallest absolute Gasteiger partial charge is 0.242 e. The van der Waals surface area contributed by atoms with Crippen molar-refractivity contribution in [3.05, 3.63) is 106 Å². The summed E-state index contributed by atoms with van der Waals surface area (Å²) in [5, 5.41) is 2.76. The van der Waals surface area contributed by atoms with Crippen molar-refractivity contribution in [1.29, 1.82) is 0 Å². The third-order valence-electron chi connectivity index (χ3n) is 5.50. The Balaban J connectivity index is 1.81. The van der Waals surface area contributed by atoms with E-state index >= 15 is 0 Å². The highest BCUT2D eigenvalue weighted by molar-refractivity contribution is 9.10. The second-order valence-electron chi connectivity index (χ2n) is 7.89. The summed E-state index contributed by atoms with van der Waals surface area (Å²) in [6.45, 7) is 2.45. The predicted molar refractivity (Wildman–Crippen MR) is 140 cm³/mol. The van der Waals surface area contributed by atoms with Gasteiger partial charge in [-0.15, -0.1) is 11.8 Å². The topological polar surface area (TPSA) is 49.4 Å². The molecular formula is C27H29BrN2O2S. The second-order valence-corrected chi connectivity index (χ2v) is 9.79. The molecule has 0 aliphatic carbocycles. The van der Waals surface area contributed by atoms with E-state index in [2.05, 4.69) is 40.3 Å². The maximum absolute atomic E-state index is 13.5. The molecule has 0 radical (unpaired) electrons. The monoisotopic (exact) mass is 524 g/mol. The maximum Gasteiger partial charge on any atom is 0.242 e. The van der Waals surface area contributed by atoms with Crippen molar-refractivity contribution in [2.24, 2.45) is 0 Å². The van der Waals surface area contributed by atoms with E-state index < -0.39 is 6.04 Å². The lowest BCUT2D eigenvalue weighted by atomic mass is 10.0. The molecule has 0 saturated carbocycles. The van der Waals surface area contributed by atoms with Crippen LogP contribution in [0, 0.1) is 6.92 Å². The van der Waals surface area contributed by atoms with Gasteiger partial charge >= 0.3 is 0 Å². The van der Waals surface area contributed by atoms with Crippen molar-refractivity contribution in [2.75, 3.05) is 12.8 Å². The van der Waals surface area contributed by atoms with Crippen LogP contribution < -0.4 is 5.32 Å². The number of hydrogen-bond donors (Lipinski definition) is 1. The molecule has 0 bridgehead atoms. The molecule has 3 rings (SSSR count). The van der Waals surface area contributed by atoms with Crippen LogP contribution in [0.5, 0.6) is 0 Å². The number of rotatable bonds is 10. The minimum absolute atomic E-state index is 0.0434. The van der Waals surface area contributed by atoms with E-state index in [0.29, 0.717) is 18.7 Å². The molecule has 1 N–H and O–H groups in total. The summed E-state index contributed by atoms with van der Waals surface area (Å²) in [5.41, 5.74) is 4.44. The van der Waals surface area contributed by atoms with E-state index in [1.54, 1.807) is 23.7 Å². The van der Waals surface area contributed by atoms with Gasteiger partial charge in [0.2, 0.25) is 11.8 Å². The molecule has 33 heavy (non-hydrogen) atoms. The molecule has 0 aliphatic rings. The standard InChI is InChI=1S/C27H29BrN2O2S/c1-20-9-6-7-13-23(20)18-33-19-26(31)30(17-22-12-8-14-24(28)15-22)25(27(32)29-2)16-21-10-4-3-5-11-21/h3-15,25H,16-19H2,1-2H3,(H,29,32)/t25-/m0/s1. The van der Waals surface area contributed by atoms with Gasteiger partial charge in [0, 0.05) is 30.2 Å². The molecule has 0 heterocycles.